The van der Waals surface area contributed by atoms with E-state index in [-0.39, 0.29) is 5.56 Å². The lowest BCUT2D eigenvalue weighted by Gasteiger charge is -2.00. The van der Waals surface area contributed by atoms with Gasteiger partial charge in [0.05, 0.1) is 0 Å². The second-order valence-electron chi connectivity index (χ2n) is 3.36. The summed E-state index contributed by atoms with van der Waals surface area (Å²) in [5, 5.41) is 3.12. The van der Waals surface area contributed by atoms with Crippen LogP contribution < -0.4 is 5.32 Å². The summed E-state index contributed by atoms with van der Waals surface area (Å²) in [6.07, 6.45) is 2.47. The van der Waals surface area contributed by atoms with Crippen LogP contribution in [-0.2, 0) is 0 Å². The molecule has 74 valence electrons. The summed E-state index contributed by atoms with van der Waals surface area (Å²) < 4.78 is 26.4. The van der Waals surface area contributed by atoms with Gasteiger partial charge in [-0.3, -0.25) is 0 Å². The van der Waals surface area contributed by atoms with Crippen LogP contribution in [0.5, 0.6) is 0 Å². The van der Waals surface area contributed by atoms with E-state index in [1.165, 1.54) is 18.2 Å². The maximum atomic E-state index is 13.2. The summed E-state index contributed by atoms with van der Waals surface area (Å²) in [6, 6.07) is 3.93. The monoisotopic (exact) mass is 195 g/mol. The van der Waals surface area contributed by atoms with Crippen LogP contribution in [0.3, 0.4) is 0 Å². The second-order valence-corrected chi connectivity index (χ2v) is 3.36. The topological polar surface area (TPSA) is 12.0 Å². The van der Waals surface area contributed by atoms with E-state index in [4.69, 9.17) is 0 Å². The van der Waals surface area contributed by atoms with Crippen molar-refractivity contribution < 1.29 is 8.78 Å². The van der Waals surface area contributed by atoms with Gasteiger partial charge in [0.2, 0.25) is 0 Å². The van der Waals surface area contributed by atoms with Gasteiger partial charge in [-0.1, -0.05) is 11.6 Å². The predicted molar refractivity (Wildman–Crippen MR) is 51.8 cm³/mol. The van der Waals surface area contributed by atoms with E-state index in [1.807, 2.05) is 0 Å². The minimum atomic E-state index is -0.496. The molecule has 1 nitrogen and oxygen atoms in total. The molecule has 2 rings (SSSR count). The first-order chi connectivity index (χ1) is 6.77. The molecule has 0 saturated carbocycles. The maximum Gasteiger partial charge on any atom is 0.133 e. The smallest absolute Gasteiger partial charge is 0.133 e. The van der Waals surface area contributed by atoms with Gasteiger partial charge in [-0.25, -0.2) is 8.78 Å². The van der Waals surface area contributed by atoms with Gasteiger partial charge in [-0.05, 0) is 31.2 Å². The Kier molecular flexibility index (Phi) is 2.59. The van der Waals surface area contributed by atoms with Crippen molar-refractivity contribution in [3.63, 3.8) is 0 Å². The molecule has 1 heterocycles. The first-order valence-corrected chi connectivity index (χ1v) is 4.61. The van der Waals surface area contributed by atoms with Gasteiger partial charge in [-0.2, -0.15) is 0 Å². The molecule has 1 N–H and O–H groups in total. The lowest BCUT2D eigenvalue weighted by atomic mass is 10.1. The Morgan fingerprint density at radius 1 is 1.21 bits per heavy atom. The molecule has 1 saturated heterocycles. The van der Waals surface area contributed by atoms with Gasteiger partial charge in [0, 0.05) is 12.1 Å². The van der Waals surface area contributed by atoms with E-state index in [0.717, 1.165) is 25.1 Å². The largest absolute Gasteiger partial charge is 0.313 e. The van der Waals surface area contributed by atoms with Crippen molar-refractivity contribution in [1.29, 1.82) is 0 Å². The van der Waals surface area contributed by atoms with Gasteiger partial charge >= 0.3 is 0 Å². The Labute approximate surface area is 81.4 Å². The van der Waals surface area contributed by atoms with Crippen molar-refractivity contribution in [3.8, 4) is 0 Å². The van der Waals surface area contributed by atoms with Crippen molar-refractivity contribution in [3.05, 3.63) is 41.0 Å². The molecule has 0 aromatic heterocycles. The Hall–Kier alpha value is -1.22. The van der Waals surface area contributed by atoms with Crippen LogP contribution >= 0.6 is 0 Å². The highest BCUT2D eigenvalue weighted by atomic mass is 19.1. The van der Waals surface area contributed by atoms with Crippen LogP contribution in [0, 0.1) is 11.6 Å². The number of hydrogen-bond acceptors (Lipinski definition) is 1. The van der Waals surface area contributed by atoms with Crippen molar-refractivity contribution >= 4 is 6.08 Å². The molecule has 1 aliphatic rings. The fourth-order valence-electron chi connectivity index (χ4n) is 1.56. The van der Waals surface area contributed by atoms with E-state index in [9.17, 15) is 8.78 Å². The Balaban J connectivity index is 2.36. The van der Waals surface area contributed by atoms with E-state index in [0.29, 0.717) is 0 Å². The number of benzene rings is 1. The summed E-state index contributed by atoms with van der Waals surface area (Å²) >= 11 is 0. The molecule has 0 spiro atoms. The maximum absolute atomic E-state index is 13.2. The second kappa shape index (κ2) is 3.88. The van der Waals surface area contributed by atoms with Gasteiger partial charge in [0.15, 0.2) is 0 Å². The van der Waals surface area contributed by atoms with E-state index < -0.39 is 11.6 Å². The van der Waals surface area contributed by atoms with Crippen molar-refractivity contribution in [1.82, 2.24) is 5.32 Å². The van der Waals surface area contributed by atoms with Crippen LogP contribution in [-0.4, -0.2) is 13.1 Å². The van der Waals surface area contributed by atoms with E-state index in [2.05, 4.69) is 5.32 Å². The number of hydrogen-bond donors (Lipinski definition) is 1. The van der Waals surface area contributed by atoms with E-state index >= 15 is 0 Å². The highest BCUT2D eigenvalue weighted by molar-refractivity contribution is 5.55. The van der Waals surface area contributed by atoms with Crippen LogP contribution in [0.2, 0.25) is 0 Å². The van der Waals surface area contributed by atoms with Crippen molar-refractivity contribution in [2.45, 2.75) is 6.42 Å². The first-order valence-electron chi connectivity index (χ1n) is 4.61. The molecule has 1 aromatic carbocycles. The van der Waals surface area contributed by atoms with Crippen LogP contribution in [0.25, 0.3) is 6.08 Å². The summed E-state index contributed by atoms with van der Waals surface area (Å²) in [6.45, 7) is 1.62. The molecule has 0 bridgehead atoms. The highest BCUT2D eigenvalue weighted by Crippen LogP contribution is 2.18. The molecule has 1 aliphatic heterocycles. The number of nitrogens with one attached hydrogen (secondary N) is 1. The standard InChI is InChI=1S/C11H11F2N/c12-10-2-1-3-11(13)9(10)6-8-4-5-14-7-8/h1-3,6,14H,4-5,7H2/b8-6-. The zero-order chi connectivity index (χ0) is 9.97. The molecule has 0 radical (unpaired) electrons. The molecule has 0 aliphatic carbocycles. The number of halogens is 2. The molecule has 0 unspecified atom stereocenters. The van der Waals surface area contributed by atoms with Crippen LogP contribution in [0.15, 0.2) is 23.8 Å². The molecule has 1 fully saturated rings. The minimum absolute atomic E-state index is 0.0752. The lowest BCUT2D eigenvalue weighted by molar-refractivity contribution is 0.578. The molecule has 3 heteroatoms. The Morgan fingerprint density at radius 3 is 2.50 bits per heavy atom. The van der Waals surface area contributed by atoms with Crippen LogP contribution in [0.4, 0.5) is 8.78 Å². The molecule has 1 aromatic rings. The fraction of sp³-hybridized carbons (Fsp3) is 0.273. The third kappa shape index (κ3) is 1.82. The minimum Gasteiger partial charge on any atom is -0.313 e. The summed E-state index contributed by atoms with van der Waals surface area (Å²) in [5.74, 6) is -0.992. The molecular formula is C11H11F2N. The summed E-state index contributed by atoms with van der Waals surface area (Å²) in [5.41, 5.74) is 1.13. The SMILES string of the molecule is Fc1cccc(F)c1/C=C1/CCNC1. The van der Waals surface area contributed by atoms with Gasteiger partial charge in [-0.15, -0.1) is 0 Å². The Morgan fingerprint density at radius 2 is 1.93 bits per heavy atom. The zero-order valence-corrected chi connectivity index (χ0v) is 7.69. The fourth-order valence-corrected chi connectivity index (χ4v) is 1.56. The molecule has 0 atom stereocenters. The van der Waals surface area contributed by atoms with Crippen molar-refractivity contribution in [2.24, 2.45) is 0 Å². The Bertz CT molecular complexity index is 343. The number of rotatable bonds is 1. The normalized spacial score (nSPS) is 19.1. The molecule has 14 heavy (non-hydrogen) atoms. The van der Waals surface area contributed by atoms with Crippen LogP contribution in [0.1, 0.15) is 12.0 Å². The summed E-state index contributed by atoms with van der Waals surface area (Å²) in [4.78, 5) is 0. The van der Waals surface area contributed by atoms with Gasteiger partial charge in [0.25, 0.3) is 0 Å². The quantitative estimate of drug-likeness (QED) is 0.725. The predicted octanol–water partition coefficient (Wildman–Crippen LogP) is 2.34. The third-order valence-electron chi connectivity index (χ3n) is 2.32. The van der Waals surface area contributed by atoms with Crippen molar-refractivity contribution in [2.75, 3.05) is 13.1 Å². The summed E-state index contributed by atoms with van der Waals surface area (Å²) in [7, 11) is 0. The van der Waals surface area contributed by atoms with Gasteiger partial charge < -0.3 is 5.32 Å². The zero-order valence-electron chi connectivity index (χ0n) is 7.69. The van der Waals surface area contributed by atoms with E-state index in [1.54, 1.807) is 6.08 Å². The average molecular weight is 195 g/mol. The van der Waals surface area contributed by atoms with Gasteiger partial charge in [0.1, 0.15) is 11.6 Å². The lowest BCUT2D eigenvalue weighted by Crippen LogP contribution is -2.04. The highest BCUT2D eigenvalue weighted by Gasteiger charge is 2.09. The molecule has 0 amide bonds. The molecular weight excluding hydrogens is 184 g/mol. The average Bonchev–Trinajstić information content (AvgIpc) is 2.64. The first kappa shape index (κ1) is 9.34. The third-order valence-corrected chi connectivity index (χ3v) is 2.32.